The van der Waals surface area contributed by atoms with Gasteiger partial charge in [-0.25, -0.2) is 0 Å². The van der Waals surface area contributed by atoms with E-state index in [2.05, 4.69) is 0 Å². The Labute approximate surface area is 119 Å². The van der Waals surface area contributed by atoms with Crippen molar-refractivity contribution in [3.05, 3.63) is 63.9 Å². The average molecular weight is 289 g/mol. The molecule has 0 fully saturated rings. The fourth-order valence-corrected chi connectivity index (χ4v) is 2.17. The molecule has 0 atom stereocenters. The van der Waals surface area contributed by atoms with E-state index < -0.39 is 34.4 Å². The number of rotatable bonds is 4. The van der Waals surface area contributed by atoms with Crippen molar-refractivity contribution in [1.29, 1.82) is 0 Å². The number of carbonyl (C=O) groups is 2. The molecule has 1 aromatic carbocycles. The molecule has 0 amide bonds. The lowest BCUT2D eigenvalue weighted by atomic mass is 9.77. The first-order valence-electron chi connectivity index (χ1n) is 5.97. The van der Waals surface area contributed by atoms with Crippen LogP contribution in [0.15, 0.2) is 48.2 Å². The number of carboxylic acid groups (broad SMARTS) is 2. The van der Waals surface area contributed by atoms with Crippen molar-refractivity contribution in [2.75, 3.05) is 0 Å². The fourth-order valence-electron chi connectivity index (χ4n) is 2.17. The van der Waals surface area contributed by atoms with Gasteiger partial charge in [-0.05, 0) is 5.56 Å². The quantitative estimate of drug-likeness (QED) is 0.495. The molecule has 0 spiro atoms. The summed E-state index contributed by atoms with van der Waals surface area (Å²) in [4.78, 5) is 33.0. The van der Waals surface area contributed by atoms with Gasteiger partial charge in [-0.2, -0.15) is 0 Å². The summed E-state index contributed by atoms with van der Waals surface area (Å²) in [6.07, 6.45) is 1.48. The molecule has 21 heavy (non-hydrogen) atoms. The van der Waals surface area contributed by atoms with E-state index in [1.807, 2.05) is 0 Å². The third-order valence-electron chi connectivity index (χ3n) is 3.36. The molecule has 0 heterocycles. The van der Waals surface area contributed by atoms with Crippen molar-refractivity contribution < 1.29 is 24.7 Å². The van der Waals surface area contributed by atoms with Gasteiger partial charge in [0.15, 0.2) is 5.41 Å². The van der Waals surface area contributed by atoms with Crippen LogP contribution in [-0.4, -0.2) is 27.1 Å². The summed E-state index contributed by atoms with van der Waals surface area (Å²) in [5, 5.41) is 29.5. The minimum Gasteiger partial charge on any atom is -0.480 e. The monoisotopic (exact) mass is 289 g/mol. The molecular formula is C14H11NO6. The average Bonchev–Trinajstić information content (AvgIpc) is 2.47. The molecule has 0 saturated heterocycles. The first kappa shape index (κ1) is 14.4. The lowest BCUT2D eigenvalue weighted by Crippen LogP contribution is -2.40. The minimum absolute atomic E-state index is 0.221. The van der Waals surface area contributed by atoms with Crippen molar-refractivity contribution in [2.45, 2.75) is 6.42 Å². The van der Waals surface area contributed by atoms with E-state index in [4.69, 9.17) is 10.2 Å². The lowest BCUT2D eigenvalue weighted by molar-refractivity contribution is -0.428. The standard InChI is InChI=1S/C14H11NO6/c16-12(17)14(13(18)19)7-6-10(11(8-14)15(20)21)9-4-2-1-3-5-9/h1-7H,8H2,(H,16,17)(H,18,19). The van der Waals surface area contributed by atoms with Gasteiger partial charge in [0, 0.05) is 0 Å². The summed E-state index contributed by atoms with van der Waals surface area (Å²) < 4.78 is 0. The van der Waals surface area contributed by atoms with Crippen LogP contribution in [0.4, 0.5) is 0 Å². The van der Waals surface area contributed by atoms with Crippen molar-refractivity contribution >= 4 is 17.5 Å². The van der Waals surface area contributed by atoms with Crippen LogP contribution >= 0.6 is 0 Å². The molecule has 2 N–H and O–H groups in total. The Bertz CT molecular complexity index is 660. The topological polar surface area (TPSA) is 118 Å². The zero-order chi connectivity index (χ0) is 15.6. The Morgan fingerprint density at radius 2 is 1.71 bits per heavy atom. The molecule has 7 nitrogen and oxygen atoms in total. The SMILES string of the molecule is O=C(O)C1(C(=O)O)C=CC(c2ccccc2)=C([N+](=O)[O-])C1. The highest BCUT2D eigenvalue weighted by Crippen LogP contribution is 2.38. The molecule has 1 aromatic rings. The number of nitro groups is 1. The lowest BCUT2D eigenvalue weighted by Gasteiger charge is -2.23. The molecule has 0 saturated carbocycles. The van der Waals surface area contributed by atoms with E-state index in [1.54, 1.807) is 30.3 Å². The molecule has 0 aliphatic heterocycles. The van der Waals surface area contributed by atoms with Crippen LogP contribution in [-0.2, 0) is 9.59 Å². The van der Waals surface area contributed by atoms with Gasteiger partial charge in [-0.3, -0.25) is 19.7 Å². The molecule has 0 aromatic heterocycles. The summed E-state index contributed by atoms with van der Waals surface area (Å²) in [7, 11) is 0. The summed E-state index contributed by atoms with van der Waals surface area (Å²) in [6, 6.07) is 8.38. The smallest absolute Gasteiger partial charge is 0.325 e. The van der Waals surface area contributed by atoms with E-state index in [9.17, 15) is 19.7 Å². The van der Waals surface area contributed by atoms with Crippen LogP contribution in [0.2, 0.25) is 0 Å². The Kier molecular flexibility index (Phi) is 3.58. The Hall–Kier alpha value is -2.96. The zero-order valence-electron chi connectivity index (χ0n) is 10.7. The molecule has 1 aliphatic carbocycles. The number of hydrogen-bond donors (Lipinski definition) is 2. The number of benzene rings is 1. The molecule has 108 valence electrons. The fraction of sp³-hybridized carbons (Fsp3) is 0.143. The molecule has 0 radical (unpaired) electrons. The van der Waals surface area contributed by atoms with Gasteiger partial charge < -0.3 is 10.2 Å². The predicted octanol–water partition coefficient (Wildman–Crippen LogP) is 1.79. The first-order valence-corrected chi connectivity index (χ1v) is 5.97. The molecule has 0 unspecified atom stereocenters. The van der Waals surface area contributed by atoms with E-state index in [0.29, 0.717) is 5.56 Å². The van der Waals surface area contributed by atoms with Crippen LogP contribution in [0.1, 0.15) is 12.0 Å². The largest absolute Gasteiger partial charge is 0.480 e. The highest BCUT2D eigenvalue weighted by atomic mass is 16.6. The van der Waals surface area contributed by atoms with Gasteiger partial charge >= 0.3 is 11.9 Å². The maximum Gasteiger partial charge on any atom is 0.325 e. The van der Waals surface area contributed by atoms with Gasteiger partial charge in [-0.15, -0.1) is 0 Å². The number of carboxylic acids is 2. The maximum atomic E-state index is 11.3. The third-order valence-corrected chi connectivity index (χ3v) is 3.36. The Morgan fingerprint density at radius 1 is 1.14 bits per heavy atom. The number of allylic oxidation sites excluding steroid dienone is 3. The van der Waals surface area contributed by atoms with Crippen molar-refractivity contribution in [3.63, 3.8) is 0 Å². The third kappa shape index (κ3) is 2.40. The van der Waals surface area contributed by atoms with Crippen LogP contribution in [0, 0.1) is 15.5 Å². The zero-order valence-corrected chi connectivity index (χ0v) is 10.7. The second-order valence-corrected chi connectivity index (χ2v) is 4.58. The molecule has 1 aliphatic rings. The van der Waals surface area contributed by atoms with Gasteiger partial charge in [0.2, 0.25) is 0 Å². The van der Waals surface area contributed by atoms with E-state index in [-0.39, 0.29) is 5.57 Å². The van der Waals surface area contributed by atoms with Gasteiger partial charge in [-0.1, -0.05) is 42.5 Å². The molecule has 7 heteroatoms. The van der Waals surface area contributed by atoms with E-state index in [0.717, 1.165) is 6.08 Å². The molecular weight excluding hydrogens is 278 g/mol. The van der Waals surface area contributed by atoms with Crippen molar-refractivity contribution in [3.8, 4) is 0 Å². The number of aliphatic carboxylic acids is 2. The summed E-state index contributed by atoms with van der Waals surface area (Å²) >= 11 is 0. The van der Waals surface area contributed by atoms with Crippen molar-refractivity contribution in [2.24, 2.45) is 5.41 Å². The number of nitrogens with zero attached hydrogens (tertiary/aromatic N) is 1. The summed E-state index contributed by atoms with van der Waals surface area (Å²) in [5.74, 6) is -3.25. The number of hydrogen-bond acceptors (Lipinski definition) is 4. The second-order valence-electron chi connectivity index (χ2n) is 4.58. The van der Waals surface area contributed by atoms with Gasteiger partial charge in [0.1, 0.15) is 0 Å². The summed E-state index contributed by atoms with van der Waals surface area (Å²) in [5.41, 5.74) is -1.97. The molecule has 0 bridgehead atoms. The predicted molar refractivity (Wildman–Crippen MR) is 71.8 cm³/mol. The Morgan fingerprint density at radius 3 is 2.19 bits per heavy atom. The normalized spacial score (nSPS) is 16.6. The van der Waals surface area contributed by atoms with Crippen LogP contribution in [0.5, 0.6) is 0 Å². The van der Waals surface area contributed by atoms with Crippen LogP contribution in [0.3, 0.4) is 0 Å². The maximum absolute atomic E-state index is 11.3. The minimum atomic E-state index is -2.30. The van der Waals surface area contributed by atoms with Crippen LogP contribution < -0.4 is 0 Å². The van der Waals surface area contributed by atoms with Gasteiger partial charge in [0.05, 0.1) is 16.9 Å². The van der Waals surface area contributed by atoms with E-state index in [1.165, 1.54) is 6.08 Å². The van der Waals surface area contributed by atoms with Crippen LogP contribution in [0.25, 0.3) is 5.57 Å². The van der Waals surface area contributed by atoms with Crippen molar-refractivity contribution in [1.82, 2.24) is 0 Å². The highest BCUT2D eigenvalue weighted by molar-refractivity contribution is 6.02. The van der Waals surface area contributed by atoms with Gasteiger partial charge in [0.25, 0.3) is 5.70 Å². The highest BCUT2D eigenvalue weighted by Gasteiger charge is 2.50. The first-order chi connectivity index (χ1) is 9.88. The molecule has 2 rings (SSSR count). The summed E-state index contributed by atoms with van der Waals surface area (Å²) in [6.45, 7) is 0. The Balaban J connectivity index is 2.58. The second kappa shape index (κ2) is 5.20. The van der Waals surface area contributed by atoms with E-state index >= 15 is 0 Å².